The first-order valence-electron chi connectivity index (χ1n) is 10.4. The fourth-order valence-corrected chi connectivity index (χ4v) is 4.14. The van der Waals surface area contributed by atoms with Gasteiger partial charge >= 0.3 is 0 Å². The van der Waals surface area contributed by atoms with Crippen LogP contribution < -0.4 is 10.6 Å². The van der Waals surface area contributed by atoms with Gasteiger partial charge in [0.25, 0.3) is 5.91 Å². The molecule has 0 saturated heterocycles. The number of amides is 1. The van der Waals surface area contributed by atoms with Gasteiger partial charge in [-0.1, -0.05) is 12.1 Å². The minimum Gasteiger partial charge on any atom is -0.357 e. The summed E-state index contributed by atoms with van der Waals surface area (Å²) in [4.78, 5) is 21.7. The van der Waals surface area contributed by atoms with Crippen LogP contribution in [0.1, 0.15) is 53.4 Å². The molecule has 1 amide bonds. The maximum absolute atomic E-state index is 12.4. The summed E-state index contributed by atoms with van der Waals surface area (Å²) in [5.41, 5.74) is 1.81. The van der Waals surface area contributed by atoms with E-state index in [0.717, 1.165) is 43.1 Å². The molecule has 0 bridgehead atoms. The molecule has 7 heteroatoms. The summed E-state index contributed by atoms with van der Waals surface area (Å²) in [6.07, 6.45) is 0.977. The summed E-state index contributed by atoms with van der Waals surface area (Å²) >= 11 is 1.84. The lowest BCUT2D eigenvalue weighted by atomic mass is 10.1. The average Bonchev–Trinajstić information content (AvgIpc) is 3.12. The Labute approximate surface area is 202 Å². The number of carbonyl (C=O) groups is 1. The van der Waals surface area contributed by atoms with Crippen molar-refractivity contribution >= 4 is 47.2 Å². The van der Waals surface area contributed by atoms with Crippen molar-refractivity contribution in [2.24, 2.45) is 4.99 Å². The fraction of sp³-hybridized carbons (Fsp3) is 0.478. The Morgan fingerprint density at radius 1 is 1.10 bits per heavy atom. The molecule has 0 radical (unpaired) electrons. The number of guanidine groups is 1. The number of nitrogens with zero attached hydrogens (tertiary/aromatic N) is 2. The largest absolute Gasteiger partial charge is 0.357 e. The van der Waals surface area contributed by atoms with Crippen molar-refractivity contribution in [3.05, 3.63) is 57.3 Å². The second-order valence-corrected chi connectivity index (χ2v) is 8.50. The van der Waals surface area contributed by atoms with E-state index in [2.05, 4.69) is 43.5 Å². The number of aryl methyl sites for hydroxylation is 1. The van der Waals surface area contributed by atoms with E-state index < -0.39 is 0 Å². The van der Waals surface area contributed by atoms with Gasteiger partial charge in [-0.25, -0.2) is 4.99 Å². The van der Waals surface area contributed by atoms with Gasteiger partial charge in [0, 0.05) is 47.4 Å². The van der Waals surface area contributed by atoms with E-state index >= 15 is 0 Å². The molecule has 1 heterocycles. The topological polar surface area (TPSA) is 56.7 Å². The lowest BCUT2D eigenvalue weighted by Gasteiger charge is -2.18. The highest BCUT2D eigenvalue weighted by atomic mass is 127. The van der Waals surface area contributed by atoms with Gasteiger partial charge in [0.05, 0.1) is 6.54 Å². The minimum absolute atomic E-state index is 0. The molecule has 1 unspecified atom stereocenters. The van der Waals surface area contributed by atoms with E-state index in [1.165, 1.54) is 9.75 Å². The number of hydrogen-bond acceptors (Lipinski definition) is 3. The Bertz CT molecular complexity index is 800. The van der Waals surface area contributed by atoms with E-state index in [9.17, 15) is 4.79 Å². The number of benzene rings is 1. The highest BCUT2D eigenvalue weighted by Crippen LogP contribution is 2.16. The van der Waals surface area contributed by atoms with Crippen LogP contribution in [0.4, 0.5) is 0 Å². The van der Waals surface area contributed by atoms with Gasteiger partial charge in [-0.15, -0.1) is 35.3 Å². The third-order valence-electron chi connectivity index (χ3n) is 4.70. The third kappa shape index (κ3) is 8.26. The molecule has 2 aromatic rings. The Kier molecular flexibility index (Phi) is 12.0. The van der Waals surface area contributed by atoms with Crippen LogP contribution in [0, 0.1) is 6.92 Å². The van der Waals surface area contributed by atoms with E-state index in [1.54, 1.807) is 0 Å². The first-order valence-corrected chi connectivity index (χ1v) is 11.3. The molecule has 0 saturated carbocycles. The maximum Gasteiger partial charge on any atom is 0.253 e. The number of rotatable bonds is 9. The highest BCUT2D eigenvalue weighted by Gasteiger charge is 2.12. The molecule has 1 aromatic carbocycles. The Hall–Kier alpha value is -1.61. The summed E-state index contributed by atoms with van der Waals surface area (Å²) in [6, 6.07) is 12.4. The molecule has 0 aliphatic heterocycles. The predicted octanol–water partition coefficient (Wildman–Crippen LogP) is 4.84. The molecule has 2 N–H and O–H groups in total. The molecular weight excluding hydrogens is 507 g/mol. The zero-order valence-electron chi connectivity index (χ0n) is 18.7. The molecule has 0 fully saturated rings. The molecule has 0 aliphatic carbocycles. The van der Waals surface area contributed by atoms with Crippen LogP contribution >= 0.6 is 35.3 Å². The van der Waals surface area contributed by atoms with Crippen LogP contribution in [-0.2, 0) is 13.0 Å². The molecule has 0 spiro atoms. The second-order valence-electron chi connectivity index (χ2n) is 7.13. The van der Waals surface area contributed by atoms with Gasteiger partial charge in [-0.3, -0.25) is 4.79 Å². The lowest BCUT2D eigenvalue weighted by Crippen LogP contribution is -2.43. The number of nitrogens with one attached hydrogen (secondary N) is 2. The predicted molar refractivity (Wildman–Crippen MR) is 139 cm³/mol. The normalized spacial score (nSPS) is 12.1. The number of thiophene rings is 1. The van der Waals surface area contributed by atoms with Crippen molar-refractivity contribution in [1.29, 1.82) is 0 Å². The zero-order chi connectivity index (χ0) is 21.2. The van der Waals surface area contributed by atoms with Crippen LogP contribution in [0.5, 0.6) is 0 Å². The van der Waals surface area contributed by atoms with Gasteiger partial charge in [-0.05, 0) is 64.4 Å². The first-order chi connectivity index (χ1) is 14.0. The number of hydrogen-bond donors (Lipinski definition) is 2. The quantitative estimate of drug-likeness (QED) is 0.271. The molecule has 30 heavy (non-hydrogen) atoms. The van der Waals surface area contributed by atoms with Crippen LogP contribution in [-0.4, -0.2) is 42.4 Å². The molecule has 1 aromatic heterocycles. The van der Waals surface area contributed by atoms with Crippen LogP contribution in [0.2, 0.25) is 0 Å². The van der Waals surface area contributed by atoms with Crippen LogP contribution in [0.15, 0.2) is 41.4 Å². The highest BCUT2D eigenvalue weighted by molar-refractivity contribution is 14.0. The Balaban J connectivity index is 0.00000450. The van der Waals surface area contributed by atoms with Crippen molar-refractivity contribution in [3.8, 4) is 0 Å². The van der Waals surface area contributed by atoms with Gasteiger partial charge in [0.15, 0.2) is 5.96 Å². The van der Waals surface area contributed by atoms with Crippen LogP contribution in [0.25, 0.3) is 0 Å². The van der Waals surface area contributed by atoms with E-state index in [1.807, 2.05) is 54.3 Å². The minimum atomic E-state index is 0. The monoisotopic (exact) mass is 542 g/mol. The van der Waals surface area contributed by atoms with Crippen molar-refractivity contribution < 1.29 is 4.79 Å². The van der Waals surface area contributed by atoms with E-state index in [0.29, 0.717) is 12.6 Å². The molecule has 2 rings (SSSR count). The number of aliphatic imine (C=N–C) groups is 1. The number of carbonyl (C=O) groups excluding carboxylic acids is 1. The second kappa shape index (κ2) is 13.6. The zero-order valence-corrected chi connectivity index (χ0v) is 21.8. The van der Waals surface area contributed by atoms with Crippen molar-refractivity contribution in [2.75, 3.05) is 19.6 Å². The van der Waals surface area contributed by atoms with Gasteiger partial charge in [0.1, 0.15) is 0 Å². The molecular formula is C23H35IN4OS. The smallest absolute Gasteiger partial charge is 0.253 e. The summed E-state index contributed by atoms with van der Waals surface area (Å²) in [6.45, 7) is 13.2. The average molecular weight is 543 g/mol. The fourth-order valence-electron chi connectivity index (χ4n) is 3.12. The van der Waals surface area contributed by atoms with Crippen molar-refractivity contribution in [3.63, 3.8) is 0 Å². The molecule has 166 valence electrons. The SMILES string of the molecule is CCNC(=NCc1ccc(C(=O)N(CC)CC)cc1)NC(C)Cc1ccc(C)s1.I. The van der Waals surface area contributed by atoms with Crippen molar-refractivity contribution in [2.45, 2.75) is 53.6 Å². The van der Waals surface area contributed by atoms with E-state index in [4.69, 9.17) is 4.99 Å². The molecule has 1 atom stereocenters. The van der Waals surface area contributed by atoms with Crippen molar-refractivity contribution in [1.82, 2.24) is 15.5 Å². The van der Waals surface area contributed by atoms with Gasteiger partial charge < -0.3 is 15.5 Å². The lowest BCUT2D eigenvalue weighted by molar-refractivity contribution is 0.0773. The first kappa shape index (κ1) is 26.4. The molecule has 5 nitrogen and oxygen atoms in total. The van der Waals surface area contributed by atoms with E-state index in [-0.39, 0.29) is 29.9 Å². The number of halogens is 1. The van der Waals surface area contributed by atoms with Crippen LogP contribution in [0.3, 0.4) is 0 Å². The Morgan fingerprint density at radius 3 is 2.30 bits per heavy atom. The summed E-state index contributed by atoms with van der Waals surface area (Å²) in [5.74, 6) is 0.897. The Morgan fingerprint density at radius 2 is 1.77 bits per heavy atom. The standard InChI is InChI=1S/C23H34N4OS.HI/c1-6-24-23(26-17(4)15-21-14-9-18(5)29-21)25-16-19-10-12-20(13-11-19)22(28)27(7-2)8-3;/h9-14,17H,6-8,15-16H2,1-5H3,(H2,24,25,26);1H. The summed E-state index contributed by atoms with van der Waals surface area (Å²) in [7, 11) is 0. The summed E-state index contributed by atoms with van der Waals surface area (Å²) in [5, 5.41) is 6.81. The van der Waals surface area contributed by atoms with Gasteiger partial charge in [0.2, 0.25) is 0 Å². The molecule has 0 aliphatic rings. The van der Waals surface area contributed by atoms with Gasteiger partial charge in [-0.2, -0.15) is 0 Å². The summed E-state index contributed by atoms with van der Waals surface area (Å²) < 4.78 is 0. The third-order valence-corrected chi connectivity index (χ3v) is 5.73. The maximum atomic E-state index is 12.4.